The monoisotopic (exact) mass is 433 g/mol. The van der Waals surface area contributed by atoms with Gasteiger partial charge in [0.1, 0.15) is 11.5 Å². The van der Waals surface area contributed by atoms with Crippen LogP contribution in [0.15, 0.2) is 41.3 Å². The summed E-state index contributed by atoms with van der Waals surface area (Å²) in [5.41, 5.74) is -2.78. The van der Waals surface area contributed by atoms with Crippen LogP contribution in [0.3, 0.4) is 0 Å². The minimum atomic E-state index is -4.72. The fourth-order valence-electron chi connectivity index (χ4n) is 3.13. The van der Waals surface area contributed by atoms with Gasteiger partial charge in [-0.15, -0.1) is 0 Å². The lowest BCUT2D eigenvalue weighted by atomic mass is 9.93. The highest BCUT2D eigenvalue weighted by molar-refractivity contribution is 7.89. The summed E-state index contributed by atoms with van der Waals surface area (Å²) in [4.78, 5) is 9.77. The van der Waals surface area contributed by atoms with Crippen LogP contribution in [-0.2, 0) is 21.6 Å². The average molecular weight is 433 g/mol. The van der Waals surface area contributed by atoms with Crippen molar-refractivity contribution >= 4 is 21.4 Å². The molecule has 1 saturated carbocycles. The first kappa shape index (κ1) is 21.0. The Hall–Kier alpha value is -2.73. The number of para-hydroxylation sites is 1. The maximum absolute atomic E-state index is 13.7. The summed E-state index contributed by atoms with van der Waals surface area (Å²) in [5, 5.41) is 19.1. The summed E-state index contributed by atoms with van der Waals surface area (Å²) in [6.07, 6.45) is -3.85. The molecule has 0 unspecified atom stereocenters. The van der Waals surface area contributed by atoms with Crippen molar-refractivity contribution in [3.63, 3.8) is 0 Å². The lowest BCUT2D eigenvalue weighted by Gasteiger charge is -2.19. The number of hydrogen-bond donors (Lipinski definition) is 2. The van der Waals surface area contributed by atoms with Gasteiger partial charge < -0.3 is 5.32 Å². The SMILES string of the molecule is NS(=O)(=O)c1cccc(NCC2(c3cc(F)cc(C(F)(F)F)c3)CC2)c1[N+](=O)[O-]. The first-order chi connectivity index (χ1) is 13.3. The zero-order valence-corrected chi connectivity index (χ0v) is 15.5. The Bertz CT molecular complexity index is 1080. The fraction of sp³-hybridized carbons (Fsp3) is 0.294. The standard InChI is InChI=1S/C17H15F4N3O4S/c18-12-7-10(6-11(8-12)17(19,20)21)16(4-5-16)9-23-13-2-1-3-14(29(22,27)28)15(13)24(25)26/h1-3,6-8,23H,4-5,9H2,(H2,22,27,28). The number of primary sulfonamides is 1. The van der Waals surface area contributed by atoms with Gasteiger partial charge in [0.2, 0.25) is 10.0 Å². The molecule has 0 aliphatic heterocycles. The molecule has 3 rings (SSSR count). The first-order valence-corrected chi connectivity index (χ1v) is 9.80. The van der Waals surface area contributed by atoms with Gasteiger partial charge in [0.05, 0.1) is 10.5 Å². The van der Waals surface area contributed by atoms with E-state index in [0.29, 0.717) is 18.9 Å². The van der Waals surface area contributed by atoms with Gasteiger partial charge in [-0.3, -0.25) is 10.1 Å². The minimum Gasteiger partial charge on any atom is -0.379 e. The highest BCUT2D eigenvalue weighted by Crippen LogP contribution is 2.49. The second kappa shape index (κ2) is 6.95. The summed E-state index contributed by atoms with van der Waals surface area (Å²) in [6.45, 7) is -0.0529. The number of halogens is 4. The van der Waals surface area contributed by atoms with Crippen molar-refractivity contribution in [2.45, 2.75) is 29.3 Å². The molecular formula is C17H15F4N3O4S. The number of benzene rings is 2. The molecule has 1 fully saturated rings. The Morgan fingerprint density at radius 2 is 1.86 bits per heavy atom. The molecule has 2 aromatic rings. The third-order valence-electron chi connectivity index (χ3n) is 4.80. The molecule has 1 aliphatic rings. The predicted octanol–water partition coefficient (Wildman–Crippen LogP) is 3.54. The third kappa shape index (κ3) is 4.32. The van der Waals surface area contributed by atoms with Crippen molar-refractivity contribution in [2.24, 2.45) is 5.14 Å². The minimum absolute atomic E-state index is 0.0529. The number of sulfonamides is 1. The number of rotatable bonds is 6. The van der Waals surface area contributed by atoms with E-state index < -0.39 is 48.5 Å². The first-order valence-electron chi connectivity index (χ1n) is 8.26. The van der Waals surface area contributed by atoms with Crippen LogP contribution in [0.1, 0.15) is 24.0 Å². The molecule has 12 heteroatoms. The molecule has 156 valence electrons. The number of nitrogens with one attached hydrogen (secondary N) is 1. The largest absolute Gasteiger partial charge is 0.416 e. The van der Waals surface area contributed by atoms with Crippen LogP contribution in [0, 0.1) is 15.9 Å². The molecule has 0 amide bonds. The normalized spacial score (nSPS) is 15.8. The zero-order chi connectivity index (χ0) is 21.6. The fourth-order valence-corrected chi connectivity index (χ4v) is 3.85. The van der Waals surface area contributed by atoms with Gasteiger partial charge in [0.15, 0.2) is 4.90 Å². The molecule has 0 radical (unpaired) electrons. The smallest absolute Gasteiger partial charge is 0.379 e. The van der Waals surface area contributed by atoms with Crippen molar-refractivity contribution < 1.29 is 30.9 Å². The Morgan fingerprint density at radius 1 is 1.21 bits per heavy atom. The quantitative estimate of drug-likeness (QED) is 0.411. The number of hydrogen-bond acceptors (Lipinski definition) is 5. The molecule has 2 aromatic carbocycles. The maximum atomic E-state index is 13.7. The van der Waals surface area contributed by atoms with Crippen molar-refractivity contribution in [3.05, 3.63) is 63.5 Å². The molecule has 0 heterocycles. The summed E-state index contributed by atoms with van der Waals surface area (Å²) in [5.74, 6) is -1.04. The summed E-state index contributed by atoms with van der Waals surface area (Å²) in [7, 11) is -4.38. The highest BCUT2D eigenvalue weighted by Gasteiger charge is 2.46. The van der Waals surface area contributed by atoms with E-state index >= 15 is 0 Å². The lowest BCUT2D eigenvalue weighted by Crippen LogP contribution is -2.22. The molecular weight excluding hydrogens is 418 g/mol. The van der Waals surface area contributed by atoms with Crippen molar-refractivity contribution in [3.8, 4) is 0 Å². The van der Waals surface area contributed by atoms with Crippen molar-refractivity contribution in [2.75, 3.05) is 11.9 Å². The molecule has 0 aromatic heterocycles. The predicted molar refractivity (Wildman–Crippen MR) is 95.3 cm³/mol. The third-order valence-corrected chi connectivity index (χ3v) is 5.74. The van der Waals surface area contributed by atoms with E-state index in [1.807, 2.05) is 0 Å². The van der Waals surface area contributed by atoms with E-state index in [1.54, 1.807) is 0 Å². The highest BCUT2D eigenvalue weighted by atomic mass is 32.2. The summed E-state index contributed by atoms with van der Waals surface area (Å²) < 4.78 is 75.9. The van der Waals surface area contributed by atoms with Gasteiger partial charge in [-0.25, -0.2) is 17.9 Å². The number of nitrogens with zero attached hydrogens (tertiary/aromatic N) is 1. The Morgan fingerprint density at radius 3 is 2.38 bits per heavy atom. The van der Waals surface area contributed by atoms with Gasteiger partial charge in [-0.05, 0) is 48.7 Å². The van der Waals surface area contributed by atoms with Gasteiger partial charge in [0, 0.05) is 12.0 Å². The van der Waals surface area contributed by atoms with Crippen LogP contribution in [0.4, 0.5) is 28.9 Å². The number of nitro groups is 1. The Labute approximate surface area is 162 Å². The number of nitrogens with two attached hydrogens (primary N) is 1. The molecule has 0 spiro atoms. The Kier molecular flexibility index (Phi) is 5.03. The molecule has 1 aliphatic carbocycles. The number of nitro benzene ring substituents is 1. The van der Waals surface area contributed by atoms with Gasteiger partial charge >= 0.3 is 11.9 Å². The molecule has 0 atom stereocenters. The number of alkyl halides is 3. The van der Waals surface area contributed by atoms with Crippen molar-refractivity contribution in [1.82, 2.24) is 0 Å². The van der Waals surface area contributed by atoms with E-state index in [2.05, 4.69) is 5.32 Å². The van der Waals surface area contributed by atoms with Crippen LogP contribution < -0.4 is 10.5 Å². The van der Waals surface area contributed by atoms with E-state index in [1.165, 1.54) is 12.1 Å². The van der Waals surface area contributed by atoms with Crippen LogP contribution in [-0.4, -0.2) is 19.9 Å². The second-order valence-electron chi connectivity index (χ2n) is 6.81. The van der Waals surface area contributed by atoms with Crippen LogP contribution in [0.5, 0.6) is 0 Å². The zero-order valence-electron chi connectivity index (χ0n) is 14.7. The second-order valence-corrected chi connectivity index (χ2v) is 8.34. The lowest BCUT2D eigenvalue weighted by molar-refractivity contribution is -0.386. The number of anilines is 1. The van der Waals surface area contributed by atoms with Crippen LogP contribution in [0.25, 0.3) is 0 Å². The molecule has 0 bridgehead atoms. The van der Waals surface area contributed by atoms with E-state index in [-0.39, 0.29) is 17.8 Å². The topological polar surface area (TPSA) is 115 Å². The molecule has 3 N–H and O–H groups in total. The average Bonchev–Trinajstić information content (AvgIpc) is 3.38. The van der Waals surface area contributed by atoms with E-state index in [9.17, 15) is 36.1 Å². The Balaban J connectivity index is 1.94. The van der Waals surface area contributed by atoms with Gasteiger partial charge in [-0.1, -0.05) is 6.07 Å². The summed E-state index contributed by atoms with van der Waals surface area (Å²) >= 11 is 0. The molecule has 29 heavy (non-hydrogen) atoms. The molecule has 7 nitrogen and oxygen atoms in total. The van der Waals surface area contributed by atoms with E-state index in [4.69, 9.17) is 5.14 Å². The van der Waals surface area contributed by atoms with Gasteiger partial charge in [0.25, 0.3) is 0 Å². The maximum Gasteiger partial charge on any atom is 0.416 e. The van der Waals surface area contributed by atoms with Crippen molar-refractivity contribution in [1.29, 1.82) is 0 Å². The van der Waals surface area contributed by atoms with Crippen LogP contribution in [0.2, 0.25) is 0 Å². The van der Waals surface area contributed by atoms with Crippen LogP contribution >= 0.6 is 0 Å². The van der Waals surface area contributed by atoms with E-state index in [0.717, 1.165) is 18.2 Å². The van der Waals surface area contributed by atoms with Gasteiger partial charge in [-0.2, -0.15) is 13.2 Å². The summed E-state index contributed by atoms with van der Waals surface area (Å²) in [6, 6.07) is 5.74. The molecule has 0 saturated heterocycles.